The van der Waals surface area contributed by atoms with E-state index in [1.165, 1.54) is 6.07 Å². The van der Waals surface area contributed by atoms with Crippen LogP contribution in [0.1, 0.15) is 13.8 Å². The van der Waals surface area contributed by atoms with Gasteiger partial charge in [0.15, 0.2) is 5.92 Å². The third-order valence-electron chi connectivity index (χ3n) is 3.43. The van der Waals surface area contributed by atoms with Gasteiger partial charge in [-0.3, -0.25) is 9.80 Å². The van der Waals surface area contributed by atoms with Gasteiger partial charge in [-0.2, -0.15) is 18.4 Å². The predicted molar refractivity (Wildman–Crippen MR) is 58.3 cm³/mol. The second-order valence-corrected chi connectivity index (χ2v) is 4.81. The fraction of sp³-hybridized carbons (Fsp3) is 0.909. The predicted octanol–water partition coefficient (Wildman–Crippen LogP) is 1.71. The molecule has 1 rings (SSSR count). The van der Waals surface area contributed by atoms with Gasteiger partial charge in [-0.05, 0) is 20.9 Å². The molecule has 1 aliphatic heterocycles. The van der Waals surface area contributed by atoms with Gasteiger partial charge in [0.1, 0.15) is 0 Å². The smallest absolute Gasteiger partial charge is 0.299 e. The van der Waals surface area contributed by atoms with Crippen LogP contribution in [0.3, 0.4) is 0 Å². The van der Waals surface area contributed by atoms with Gasteiger partial charge in [-0.1, -0.05) is 0 Å². The molecule has 3 nitrogen and oxygen atoms in total. The quantitative estimate of drug-likeness (QED) is 0.746. The minimum Gasteiger partial charge on any atom is -0.299 e. The number of halogens is 3. The Morgan fingerprint density at radius 1 is 1.29 bits per heavy atom. The van der Waals surface area contributed by atoms with Gasteiger partial charge in [0.05, 0.1) is 6.07 Å². The van der Waals surface area contributed by atoms with Gasteiger partial charge >= 0.3 is 6.18 Å². The van der Waals surface area contributed by atoms with Crippen molar-refractivity contribution < 1.29 is 13.2 Å². The molecule has 0 aromatic heterocycles. The number of nitriles is 1. The van der Waals surface area contributed by atoms with Crippen molar-refractivity contribution in [3.05, 3.63) is 0 Å². The topological polar surface area (TPSA) is 30.3 Å². The molecule has 0 saturated carbocycles. The first-order valence-corrected chi connectivity index (χ1v) is 5.66. The van der Waals surface area contributed by atoms with Crippen LogP contribution in [0.4, 0.5) is 13.2 Å². The first kappa shape index (κ1) is 14.3. The number of piperazine rings is 1. The third-order valence-corrected chi connectivity index (χ3v) is 3.43. The molecule has 0 spiro atoms. The van der Waals surface area contributed by atoms with Crippen LogP contribution in [0.15, 0.2) is 0 Å². The Morgan fingerprint density at radius 3 is 2.12 bits per heavy atom. The summed E-state index contributed by atoms with van der Waals surface area (Å²) in [5, 5.41) is 8.57. The summed E-state index contributed by atoms with van der Waals surface area (Å²) in [6.07, 6.45) is -4.43. The molecule has 3 unspecified atom stereocenters. The Hall–Kier alpha value is -0.800. The first-order valence-electron chi connectivity index (χ1n) is 5.66. The molecule has 0 radical (unpaired) electrons. The van der Waals surface area contributed by atoms with Gasteiger partial charge in [-0.25, -0.2) is 0 Å². The standard InChI is InChI=1S/C11H18F3N3/c1-8-5-17(6-9(2)16(8)3)7-10(4-15)11(12,13)14/h8-10H,5-7H2,1-3H3. The number of rotatable bonds is 2. The van der Waals surface area contributed by atoms with Gasteiger partial charge < -0.3 is 0 Å². The van der Waals surface area contributed by atoms with Crippen molar-refractivity contribution in [2.75, 3.05) is 26.7 Å². The Kier molecular flexibility index (Phi) is 4.39. The Bertz CT molecular complexity index is 285. The number of hydrogen-bond donors (Lipinski definition) is 0. The highest BCUT2D eigenvalue weighted by Gasteiger charge is 2.42. The Balaban J connectivity index is 2.61. The Morgan fingerprint density at radius 2 is 1.76 bits per heavy atom. The molecule has 98 valence electrons. The van der Waals surface area contributed by atoms with E-state index in [0.29, 0.717) is 13.1 Å². The van der Waals surface area contributed by atoms with E-state index in [-0.39, 0.29) is 18.6 Å². The van der Waals surface area contributed by atoms with E-state index in [1.807, 2.05) is 20.9 Å². The van der Waals surface area contributed by atoms with Crippen LogP contribution >= 0.6 is 0 Å². The molecule has 0 aliphatic carbocycles. The largest absolute Gasteiger partial charge is 0.405 e. The van der Waals surface area contributed by atoms with Gasteiger partial charge in [0.25, 0.3) is 0 Å². The highest BCUT2D eigenvalue weighted by molar-refractivity contribution is 4.93. The molecule has 6 heteroatoms. The molecule has 1 saturated heterocycles. The lowest BCUT2D eigenvalue weighted by Gasteiger charge is -2.43. The fourth-order valence-corrected chi connectivity index (χ4v) is 2.14. The molecule has 1 heterocycles. The van der Waals surface area contributed by atoms with Crippen molar-refractivity contribution in [3.8, 4) is 6.07 Å². The van der Waals surface area contributed by atoms with Crippen molar-refractivity contribution in [2.45, 2.75) is 32.1 Å². The van der Waals surface area contributed by atoms with Gasteiger partial charge in [0, 0.05) is 31.7 Å². The van der Waals surface area contributed by atoms with Crippen molar-refractivity contribution in [1.29, 1.82) is 5.26 Å². The lowest BCUT2D eigenvalue weighted by Crippen LogP contribution is -2.56. The van der Waals surface area contributed by atoms with E-state index in [9.17, 15) is 13.2 Å². The van der Waals surface area contributed by atoms with E-state index in [1.54, 1.807) is 4.90 Å². The average molecular weight is 249 g/mol. The maximum atomic E-state index is 12.5. The Labute approximate surface area is 99.8 Å². The van der Waals surface area contributed by atoms with Gasteiger partial charge in [0.2, 0.25) is 0 Å². The molecular formula is C11H18F3N3. The highest BCUT2D eigenvalue weighted by Crippen LogP contribution is 2.27. The van der Waals surface area contributed by atoms with E-state index >= 15 is 0 Å². The minimum absolute atomic E-state index is 0.214. The van der Waals surface area contributed by atoms with Gasteiger partial charge in [-0.15, -0.1) is 0 Å². The molecule has 17 heavy (non-hydrogen) atoms. The molecule has 1 fully saturated rings. The summed E-state index contributed by atoms with van der Waals surface area (Å²) in [6.45, 7) is 4.90. The highest BCUT2D eigenvalue weighted by atomic mass is 19.4. The van der Waals surface area contributed by atoms with Crippen molar-refractivity contribution in [1.82, 2.24) is 9.80 Å². The van der Waals surface area contributed by atoms with Crippen LogP contribution in [0.2, 0.25) is 0 Å². The lowest BCUT2D eigenvalue weighted by molar-refractivity contribution is -0.165. The van der Waals surface area contributed by atoms with E-state index in [2.05, 4.69) is 4.90 Å². The fourth-order valence-electron chi connectivity index (χ4n) is 2.14. The third kappa shape index (κ3) is 3.58. The second kappa shape index (κ2) is 5.23. The minimum atomic E-state index is -4.43. The summed E-state index contributed by atoms with van der Waals surface area (Å²) < 4.78 is 37.5. The molecular weight excluding hydrogens is 231 g/mol. The summed E-state index contributed by atoms with van der Waals surface area (Å²) in [6, 6.07) is 1.78. The van der Waals surface area contributed by atoms with Crippen LogP contribution in [-0.4, -0.2) is 54.7 Å². The molecule has 0 aromatic carbocycles. The van der Waals surface area contributed by atoms with E-state index in [0.717, 1.165) is 0 Å². The van der Waals surface area contributed by atoms with Crippen LogP contribution in [-0.2, 0) is 0 Å². The van der Waals surface area contributed by atoms with Crippen molar-refractivity contribution in [3.63, 3.8) is 0 Å². The normalized spacial score (nSPS) is 29.9. The van der Waals surface area contributed by atoms with Crippen LogP contribution in [0.25, 0.3) is 0 Å². The number of alkyl halides is 3. The van der Waals surface area contributed by atoms with Crippen LogP contribution in [0, 0.1) is 17.2 Å². The van der Waals surface area contributed by atoms with E-state index < -0.39 is 12.1 Å². The SMILES string of the molecule is CC1CN(CC(C#N)C(F)(F)F)CC(C)N1C. The summed E-state index contributed by atoms with van der Waals surface area (Å²) in [4.78, 5) is 3.88. The molecule has 3 atom stereocenters. The molecule has 0 aromatic rings. The summed E-state index contributed by atoms with van der Waals surface area (Å²) in [5.74, 6) is -1.88. The van der Waals surface area contributed by atoms with E-state index in [4.69, 9.17) is 5.26 Å². The zero-order valence-electron chi connectivity index (χ0n) is 10.3. The number of likely N-dealkylation sites (N-methyl/N-ethyl adjacent to an activating group) is 1. The van der Waals surface area contributed by atoms with Crippen molar-refractivity contribution in [2.24, 2.45) is 5.92 Å². The zero-order chi connectivity index (χ0) is 13.2. The lowest BCUT2D eigenvalue weighted by atomic mass is 10.1. The van der Waals surface area contributed by atoms with Crippen LogP contribution in [0.5, 0.6) is 0 Å². The summed E-state index contributed by atoms with van der Waals surface area (Å²) in [5.41, 5.74) is 0. The zero-order valence-corrected chi connectivity index (χ0v) is 10.3. The average Bonchev–Trinajstić information content (AvgIpc) is 2.20. The maximum absolute atomic E-state index is 12.5. The van der Waals surface area contributed by atoms with Crippen molar-refractivity contribution >= 4 is 0 Å². The molecule has 0 N–H and O–H groups in total. The van der Waals surface area contributed by atoms with Crippen LogP contribution < -0.4 is 0 Å². The molecule has 0 bridgehead atoms. The molecule has 1 aliphatic rings. The number of nitrogens with zero attached hydrogens (tertiary/aromatic N) is 3. The summed E-state index contributed by atoms with van der Waals surface area (Å²) in [7, 11) is 1.97. The molecule has 0 amide bonds. The second-order valence-electron chi connectivity index (χ2n) is 4.81. The number of hydrogen-bond acceptors (Lipinski definition) is 3. The monoisotopic (exact) mass is 249 g/mol. The maximum Gasteiger partial charge on any atom is 0.405 e. The first-order chi connectivity index (χ1) is 7.75. The summed E-state index contributed by atoms with van der Waals surface area (Å²) >= 11 is 0.